The quantitative estimate of drug-likeness (QED) is 0.542. The Morgan fingerprint density at radius 2 is 1.81 bits per heavy atom. The molecule has 4 rings (SSSR count). The van der Waals surface area contributed by atoms with Crippen LogP contribution in [0, 0.1) is 0 Å². The number of aromatic nitrogens is 2. The van der Waals surface area contributed by atoms with E-state index in [0.29, 0.717) is 0 Å². The molecule has 21 heavy (non-hydrogen) atoms. The Morgan fingerprint density at radius 1 is 1.00 bits per heavy atom. The minimum absolute atomic E-state index is 0.735. The van der Waals surface area contributed by atoms with Crippen molar-refractivity contribution in [3.8, 4) is 22.6 Å². The average Bonchev–Trinajstić information content (AvgIpc) is 3.14. The van der Waals surface area contributed by atoms with E-state index >= 15 is 0 Å². The lowest BCUT2D eigenvalue weighted by molar-refractivity contribution is 0.435. The smallest absolute Gasteiger partial charge is 0.169 e. The molecule has 0 bridgehead atoms. The molecular formula is C17H13N3O. The van der Waals surface area contributed by atoms with Crippen molar-refractivity contribution in [2.24, 2.45) is 0 Å². The number of H-pyrrole nitrogens is 1. The molecule has 102 valence electrons. The maximum atomic E-state index is 5.70. The normalized spacial score (nSPS) is 11.0. The fourth-order valence-corrected chi connectivity index (χ4v) is 2.47. The summed E-state index contributed by atoms with van der Waals surface area (Å²) in [6.07, 6.45) is 1.94. The van der Waals surface area contributed by atoms with E-state index in [2.05, 4.69) is 16.2 Å². The Bertz CT molecular complexity index is 903. The lowest BCUT2D eigenvalue weighted by atomic mass is 10.1. The zero-order valence-corrected chi connectivity index (χ0v) is 11.2. The molecule has 0 spiro atoms. The maximum absolute atomic E-state index is 5.70. The molecule has 0 unspecified atom stereocenters. The molecular weight excluding hydrogens is 262 g/mol. The molecule has 4 heteroatoms. The van der Waals surface area contributed by atoms with Gasteiger partial charge in [-0.25, -0.2) is 0 Å². The van der Waals surface area contributed by atoms with Crippen LogP contribution in [0.3, 0.4) is 0 Å². The highest BCUT2D eigenvalue weighted by atomic mass is 16.5. The lowest BCUT2D eigenvalue weighted by Gasteiger charge is -1.95. The molecule has 0 saturated heterocycles. The Balaban J connectivity index is 1.79. The Hall–Kier alpha value is -3.01. The van der Waals surface area contributed by atoms with E-state index in [9.17, 15) is 0 Å². The zero-order valence-electron chi connectivity index (χ0n) is 11.2. The van der Waals surface area contributed by atoms with Gasteiger partial charge in [0.1, 0.15) is 5.69 Å². The summed E-state index contributed by atoms with van der Waals surface area (Å²) in [5, 5.41) is 5.27. The first-order chi connectivity index (χ1) is 10.3. The molecule has 3 N–H and O–H groups in total. The lowest BCUT2D eigenvalue weighted by Crippen LogP contribution is -1.83. The van der Waals surface area contributed by atoms with E-state index in [1.165, 1.54) is 0 Å². The van der Waals surface area contributed by atoms with Crippen LogP contribution in [0.2, 0.25) is 0 Å². The van der Waals surface area contributed by atoms with Gasteiger partial charge in [0.2, 0.25) is 0 Å². The Kier molecular flexibility index (Phi) is 2.54. The van der Waals surface area contributed by atoms with Crippen molar-refractivity contribution in [3.05, 3.63) is 60.8 Å². The van der Waals surface area contributed by atoms with Gasteiger partial charge in [-0.05, 0) is 18.2 Å². The second-order valence-corrected chi connectivity index (χ2v) is 4.95. The van der Waals surface area contributed by atoms with Crippen molar-refractivity contribution in [1.82, 2.24) is 10.1 Å². The third kappa shape index (κ3) is 1.97. The van der Waals surface area contributed by atoms with Crippen LogP contribution in [0.1, 0.15) is 0 Å². The highest BCUT2D eigenvalue weighted by molar-refractivity contribution is 5.94. The molecule has 0 amide bonds. The number of rotatable bonds is 2. The van der Waals surface area contributed by atoms with Gasteiger partial charge in [-0.2, -0.15) is 0 Å². The molecule has 4 nitrogen and oxygen atoms in total. The topological polar surface area (TPSA) is 67.8 Å². The van der Waals surface area contributed by atoms with Crippen LogP contribution < -0.4 is 5.73 Å². The third-order valence-electron chi connectivity index (χ3n) is 3.57. The second-order valence-electron chi connectivity index (χ2n) is 4.95. The Morgan fingerprint density at radius 3 is 2.67 bits per heavy atom. The summed E-state index contributed by atoms with van der Waals surface area (Å²) in [4.78, 5) is 3.24. The highest BCUT2D eigenvalue weighted by Gasteiger charge is 2.12. The van der Waals surface area contributed by atoms with Crippen LogP contribution in [0.4, 0.5) is 5.69 Å². The number of hydrogen-bond donors (Lipinski definition) is 2. The number of hydrogen-bond acceptors (Lipinski definition) is 3. The predicted molar refractivity (Wildman–Crippen MR) is 83.6 cm³/mol. The van der Waals surface area contributed by atoms with Crippen molar-refractivity contribution >= 4 is 16.6 Å². The minimum atomic E-state index is 0.735. The molecule has 2 heterocycles. The van der Waals surface area contributed by atoms with E-state index in [1.54, 1.807) is 0 Å². The first-order valence-corrected chi connectivity index (χ1v) is 6.70. The van der Waals surface area contributed by atoms with Crippen molar-refractivity contribution in [2.45, 2.75) is 0 Å². The average molecular weight is 275 g/mol. The van der Waals surface area contributed by atoms with E-state index < -0.39 is 0 Å². The summed E-state index contributed by atoms with van der Waals surface area (Å²) in [7, 11) is 0. The van der Waals surface area contributed by atoms with Crippen LogP contribution in [0.25, 0.3) is 33.5 Å². The molecule has 0 aliphatic carbocycles. The summed E-state index contributed by atoms with van der Waals surface area (Å²) in [6, 6.07) is 17.6. The van der Waals surface area contributed by atoms with E-state index in [4.69, 9.17) is 10.3 Å². The van der Waals surface area contributed by atoms with Crippen LogP contribution in [-0.2, 0) is 0 Å². The summed E-state index contributed by atoms with van der Waals surface area (Å²) in [5.74, 6) is 0.749. The summed E-state index contributed by atoms with van der Waals surface area (Å²) in [5.41, 5.74) is 10.3. The van der Waals surface area contributed by atoms with Gasteiger partial charge >= 0.3 is 0 Å². The summed E-state index contributed by atoms with van der Waals surface area (Å²) < 4.78 is 5.50. The van der Waals surface area contributed by atoms with Gasteiger partial charge in [0, 0.05) is 40.0 Å². The van der Waals surface area contributed by atoms with Crippen molar-refractivity contribution in [2.75, 3.05) is 5.73 Å². The van der Waals surface area contributed by atoms with Gasteiger partial charge in [0.15, 0.2) is 5.76 Å². The van der Waals surface area contributed by atoms with E-state index in [-0.39, 0.29) is 0 Å². The number of para-hydroxylation sites is 1. The first-order valence-electron chi connectivity index (χ1n) is 6.70. The van der Waals surface area contributed by atoms with Gasteiger partial charge in [-0.3, -0.25) is 0 Å². The van der Waals surface area contributed by atoms with Crippen LogP contribution >= 0.6 is 0 Å². The number of nitrogens with zero attached hydrogens (tertiary/aromatic N) is 1. The third-order valence-corrected chi connectivity index (χ3v) is 3.57. The molecule has 2 aromatic carbocycles. The standard InChI is InChI=1S/C17H13N3O/c18-12-7-5-11(6-8-12)16-9-17(21-20-16)14-10-19-15-4-2-1-3-13(14)15/h1-10,19H,18H2. The van der Waals surface area contributed by atoms with Gasteiger partial charge in [0.25, 0.3) is 0 Å². The molecule has 0 aliphatic heterocycles. The SMILES string of the molecule is Nc1ccc(-c2cc(-c3c[nH]c4ccccc34)on2)cc1. The monoisotopic (exact) mass is 275 g/mol. The zero-order chi connectivity index (χ0) is 14.2. The highest BCUT2D eigenvalue weighted by Crippen LogP contribution is 2.31. The second kappa shape index (κ2) is 4.52. The van der Waals surface area contributed by atoms with Gasteiger partial charge in [0.05, 0.1) is 0 Å². The predicted octanol–water partition coefficient (Wildman–Crippen LogP) is 4.07. The van der Waals surface area contributed by atoms with Crippen molar-refractivity contribution < 1.29 is 4.52 Å². The molecule has 0 radical (unpaired) electrons. The molecule has 2 aromatic heterocycles. The largest absolute Gasteiger partial charge is 0.399 e. The Labute approximate surface area is 121 Å². The number of aromatic amines is 1. The molecule has 0 atom stereocenters. The number of anilines is 1. The molecule has 4 aromatic rings. The number of benzene rings is 2. The maximum Gasteiger partial charge on any atom is 0.169 e. The van der Waals surface area contributed by atoms with E-state index in [0.717, 1.165) is 39.2 Å². The fraction of sp³-hybridized carbons (Fsp3) is 0. The number of nitrogen functional groups attached to an aromatic ring is 1. The van der Waals surface area contributed by atoms with Gasteiger partial charge in [-0.1, -0.05) is 35.5 Å². The van der Waals surface area contributed by atoms with Crippen LogP contribution in [0.15, 0.2) is 65.3 Å². The van der Waals surface area contributed by atoms with Gasteiger partial charge < -0.3 is 15.2 Å². The summed E-state index contributed by atoms with van der Waals surface area (Å²) in [6.45, 7) is 0. The minimum Gasteiger partial charge on any atom is -0.399 e. The van der Waals surface area contributed by atoms with E-state index in [1.807, 2.05) is 54.7 Å². The number of nitrogens with two attached hydrogens (primary N) is 1. The first kappa shape index (κ1) is 11.8. The van der Waals surface area contributed by atoms with Crippen molar-refractivity contribution in [3.63, 3.8) is 0 Å². The van der Waals surface area contributed by atoms with Crippen molar-refractivity contribution in [1.29, 1.82) is 0 Å². The van der Waals surface area contributed by atoms with Crippen LogP contribution in [-0.4, -0.2) is 10.1 Å². The number of fused-ring (bicyclic) bond motifs is 1. The molecule has 0 fully saturated rings. The van der Waals surface area contributed by atoms with Gasteiger partial charge in [-0.15, -0.1) is 0 Å². The molecule has 0 aliphatic rings. The molecule has 0 saturated carbocycles. The fourth-order valence-electron chi connectivity index (χ4n) is 2.47. The number of nitrogens with one attached hydrogen (secondary N) is 1. The summed E-state index contributed by atoms with van der Waals surface area (Å²) >= 11 is 0. The van der Waals surface area contributed by atoms with Crippen LogP contribution in [0.5, 0.6) is 0 Å².